The van der Waals surface area contributed by atoms with Crippen molar-refractivity contribution in [2.24, 2.45) is 5.73 Å². The van der Waals surface area contributed by atoms with Crippen LogP contribution in [0.15, 0.2) is 18.3 Å². The lowest BCUT2D eigenvalue weighted by molar-refractivity contribution is 0.0697. The van der Waals surface area contributed by atoms with Gasteiger partial charge in [0.05, 0.1) is 11.4 Å². The smallest absolute Gasteiger partial charge is 0.340 e. The Morgan fingerprint density at radius 2 is 2.19 bits per heavy atom. The molecular formula is C13H14N4O3S. The molecule has 21 heavy (non-hydrogen) atoms. The number of carbonyl (C=O) groups excluding carboxylic acids is 1. The molecule has 8 heteroatoms. The molecule has 0 saturated carbocycles. The minimum absolute atomic E-state index is 0.0453. The molecular weight excluding hydrogens is 292 g/mol. The highest BCUT2D eigenvalue weighted by molar-refractivity contribution is 7.11. The summed E-state index contributed by atoms with van der Waals surface area (Å²) in [5.41, 5.74) is 6.92. The largest absolute Gasteiger partial charge is 0.478 e. The Balaban J connectivity index is 2.37. The summed E-state index contributed by atoms with van der Waals surface area (Å²) in [4.78, 5) is 29.0. The molecule has 110 valence electrons. The molecule has 0 aliphatic carbocycles. The first-order chi connectivity index (χ1) is 9.95. The van der Waals surface area contributed by atoms with Gasteiger partial charge in [-0.1, -0.05) is 0 Å². The lowest BCUT2D eigenvalue weighted by atomic mass is 10.2. The van der Waals surface area contributed by atoms with Gasteiger partial charge in [-0.15, -0.1) is 0 Å². The lowest BCUT2D eigenvalue weighted by Gasteiger charge is -2.16. The summed E-state index contributed by atoms with van der Waals surface area (Å²) in [6, 6.07) is 3.15. The van der Waals surface area contributed by atoms with Crippen molar-refractivity contribution in [1.82, 2.24) is 9.36 Å². The molecule has 0 aromatic carbocycles. The van der Waals surface area contributed by atoms with E-state index < -0.39 is 5.97 Å². The molecule has 0 bridgehead atoms. The maximum absolute atomic E-state index is 12.4. The third-order valence-electron chi connectivity index (χ3n) is 2.94. The van der Waals surface area contributed by atoms with Gasteiger partial charge in [0, 0.05) is 25.4 Å². The van der Waals surface area contributed by atoms with Crippen LogP contribution >= 0.6 is 11.5 Å². The second-order valence-electron chi connectivity index (χ2n) is 4.36. The number of nitrogens with zero attached hydrogens (tertiary/aromatic N) is 3. The Hall–Kier alpha value is -2.32. The van der Waals surface area contributed by atoms with Gasteiger partial charge >= 0.3 is 5.97 Å². The van der Waals surface area contributed by atoms with E-state index in [2.05, 4.69) is 9.36 Å². The molecule has 2 rings (SSSR count). The van der Waals surface area contributed by atoms with Crippen molar-refractivity contribution >= 4 is 28.4 Å². The standard InChI is InChI=1S/C13H14N4O3S/c1-7-10(13(19)20)12(21-16-7)17(2)11(18)8-3-4-15-9(5-8)6-14/h3-5H,6,14H2,1-2H3,(H,19,20). The Kier molecular flexibility index (Phi) is 4.29. The Labute approximate surface area is 125 Å². The van der Waals surface area contributed by atoms with Gasteiger partial charge < -0.3 is 15.7 Å². The summed E-state index contributed by atoms with van der Waals surface area (Å²) in [5.74, 6) is -1.44. The van der Waals surface area contributed by atoms with E-state index in [1.165, 1.54) is 18.1 Å². The SMILES string of the molecule is Cc1nsc(N(C)C(=O)c2ccnc(CN)c2)c1C(=O)O. The zero-order valence-corrected chi connectivity index (χ0v) is 12.3. The summed E-state index contributed by atoms with van der Waals surface area (Å²) in [6.07, 6.45) is 1.50. The van der Waals surface area contributed by atoms with Crippen molar-refractivity contribution in [2.75, 3.05) is 11.9 Å². The predicted octanol–water partition coefficient (Wildman–Crippen LogP) is 1.28. The number of nitrogens with two attached hydrogens (primary N) is 1. The number of aromatic carboxylic acids is 1. The maximum atomic E-state index is 12.4. The summed E-state index contributed by atoms with van der Waals surface area (Å²) < 4.78 is 4.00. The first-order valence-electron chi connectivity index (χ1n) is 6.08. The molecule has 0 fully saturated rings. The molecule has 2 heterocycles. The summed E-state index contributed by atoms with van der Waals surface area (Å²) in [5, 5.41) is 9.52. The molecule has 0 aliphatic heterocycles. The molecule has 2 aromatic rings. The van der Waals surface area contributed by atoms with Crippen LogP contribution in [-0.4, -0.2) is 33.4 Å². The zero-order chi connectivity index (χ0) is 15.6. The number of amides is 1. The number of rotatable bonds is 4. The molecule has 0 radical (unpaired) electrons. The van der Waals surface area contributed by atoms with Gasteiger partial charge in [-0.2, -0.15) is 4.37 Å². The highest BCUT2D eigenvalue weighted by Gasteiger charge is 2.24. The van der Waals surface area contributed by atoms with Crippen molar-refractivity contribution in [2.45, 2.75) is 13.5 Å². The fourth-order valence-corrected chi connectivity index (χ4v) is 2.69. The van der Waals surface area contributed by atoms with Crippen LogP contribution in [0.4, 0.5) is 5.00 Å². The number of carbonyl (C=O) groups is 2. The van der Waals surface area contributed by atoms with Crippen LogP contribution in [0.25, 0.3) is 0 Å². The van der Waals surface area contributed by atoms with Crippen LogP contribution < -0.4 is 10.6 Å². The third-order valence-corrected chi connectivity index (χ3v) is 3.96. The number of hydrogen-bond donors (Lipinski definition) is 2. The second-order valence-corrected chi connectivity index (χ2v) is 5.11. The van der Waals surface area contributed by atoms with Crippen molar-refractivity contribution in [3.8, 4) is 0 Å². The van der Waals surface area contributed by atoms with E-state index in [1.54, 1.807) is 19.1 Å². The van der Waals surface area contributed by atoms with Crippen LogP contribution in [0.5, 0.6) is 0 Å². The van der Waals surface area contributed by atoms with Gasteiger partial charge in [0.15, 0.2) is 0 Å². The molecule has 2 aromatic heterocycles. The van der Waals surface area contributed by atoms with Gasteiger partial charge in [-0.25, -0.2) is 4.79 Å². The van der Waals surface area contributed by atoms with Crippen LogP contribution in [0.2, 0.25) is 0 Å². The topological polar surface area (TPSA) is 109 Å². The highest BCUT2D eigenvalue weighted by atomic mass is 32.1. The van der Waals surface area contributed by atoms with E-state index in [4.69, 9.17) is 5.73 Å². The number of hydrogen-bond acceptors (Lipinski definition) is 6. The second kappa shape index (κ2) is 5.98. The van der Waals surface area contributed by atoms with Gasteiger partial charge in [0.25, 0.3) is 5.91 Å². The van der Waals surface area contributed by atoms with Crippen LogP contribution in [0.3, 0.4) is 0 Å². The van der Waals surface area contributed by atoms with Gasteiger partial charge in [-0.3, -0.25) is 9.78 Å². The van der Waals surface area contributed by atoms with E-state index in [0.717, 1.165) is 11.5 Å². The maximum Gasteiger partial charge on any atom is 0.340 e. The number of carboxylic acids is 1. The lowest BCUT2D eigenvalue weighted by Crippen LogP contribution is -2.27. The third kappa shape index (κ3) is 2.91. The van der Waals surface area contributed by atoms with Crippen molar-refractivity contribution in [3.63, 3.8) is 0 Å². The first-order valence-corrected chi connectivity index (χ1v) is 6.85. The summed E-state index contributed by atoms with van der Waals surface area (Å²) >= 11 is 0.979. The number of pyridine rings is 1. The predicted molar refractivity (Wildman–Crippen MR) is 78.7 cm³/mol. The number of anilines is 1. The average Bonchev–Trinajstić information content (AvgIpc) is 2.87. The zero-order valence-electron chi connectivity index (χ0n) is 11.5. The first kappa shape index (κ1) is 15.1. The number of carboxylic acid groups (broad SMARTS) is 1. The molecule has 0 saturated heterocycles. The van der Waals surface area contributed by atoms with E-state index >= 15 is 0 Å². The van der Waals surface area contributed by atoms with Gasteiger partial charge in [-0.05, 0) is 30.6 Å². The molecule has 3 N–H and O–H groups in total. The molecule has 7 nitrogen and oxygen atoms in total. The average molecular weight is 306 g/mol. The normalized spacial score (nSPS) is 10.4. The van der Waals surface area contributed by atoms with E-state index in [0.29, 0.717) is 22.0 Å². The number of aromatic nitrogens is 2. The van der Waals surface area contributed by atoms with Crippen molar-refractivity contribution < 1.29 is 14.7 Å². The van der Waals surface area contributed by atoms with E-state index in [1.807, 2.05) is 0 Å². The van der Waals surface area contributed by atoms with Gasteiger partial charge in [0.1, 0.15) is 10.6 Å². The number of aryl methyl sites for hydroxylation is 1. The molecule has 1 amide bonds. The van der Waals surface area contributed by atoms with E-state index in [-0.39, 0.29) is 18.0 Å². The Bertz CT molecular complexity index is 698. The van der Waals surface area contributed by atoms with Gasteiger partial charge in [0.2, 0.25) is 0 Å². The quantitative estimate of drug-likeness (QED) is 0.880. The Morgan fingerprint density at radius 3 is 2.81 bits per heavy atom. The molecule has 0 spiro atoms. The van der Waals surface area contributed by atoms with Crippen LogP contribution in [0, 0.1) is 6.92 Å². The minimum Gasteiger partial charge on any atom is -0.478 e. The fourth-order valence-electron chi connectivity index (χ4n) is 1.84. The molecule has 0 unspecified atom stereocenters. The summed E-state index contributed by atoms with van der Waals surface area (Å²) in [6.45, 7) is 1.83. The molecule has 0 aliphatic rings. The van der Waals surface area contributed by atoms with Crippen molar-refractivity contribution in [1.29, 1.82) is 0 Å². The fraction of sp³-hybridized carbons (Fsp3) is 0.231. The van der Waals surface area contributed by atoms with Crippen molar-refractivity contribution in [3.05, 3.63) is 40.8 Å². The Morgan fingerprint density at radius 1 is 1.48 bits per heavy atom. The monoisotopic (exact) mass is 306 g/mol. The molecule has 0 atom stereocenters. The van der Waals surface area contributed by atoms with Crippen LogP contribution in [-0.2, 0) is 6.54 Å². The van der Waals surface area contributed by atoms with Crippen LogP contribution in [0.1, 0.15) is 32.1 Å². The summed E-state index contributed by atoms with van der Waals surface area (Å²) in [7, 11) is 1.52. The minimum atomic E-state index is -1.10. The highest BCUT2D eigenvalue weighted by Crippen LogP contribution is 2.28. The van der Waals surface area contributed by atoms with E-state index in [9.17, 15) is 14.7 Å².